The minimum atomic E-state index is -0.185. The Kier molecular flexibility index (Phi) is 5.32. The number of benzene rings is 1. The molecule has 2 aromatic heterocycles. The topological polar surface area (TPSA) is 81.4 Å². The second-order valence-corrected chi connectivity index (χ2v) is 8.13. The first-order valence-electron chi connectivity index (χ1n) is 10.1. The van der Waals surface area contributed by atoms with Gasteiger partial charge in [-0.15, -0.1) is 0 Å². The summed E-state index contributed by atoms with van der Waals surface area (Å²) in [6.45, 7) is 8.16. The zero-order valence-electron chi connectivity index (χ0n) is 17.2. The number of hydrogen-bond donors (Lipinski definition) is 1. The smallest absolute Gasteiger partial charge is 0.270 e. The summed E-state index contributed by atoms with van der Waals surface area (Å²) in [6, 6.07) is 10.4. The number of aryl methyl sites for hydroxylation is 1. The maximum Gasteiger partial charge on any atom is 0.270 e. The van der Waals surface area contributed by atoms with Crippen LogP contribution in [0.4, 0.5) is 0 Å². The Morgan fingerprint density at radius 1 is 1.24 bits per heavy atom. The van der Waals surface area contributed by atoms with Crippen molar-refractivity contribution in [3.63, 3.8) is 0 Å². The fourth-order valence-corrected chi connectivity index (χ4v) is 3.94. The zero-order chi connectivity index (χ0) is 20.4. The van der Waals surface area contributed by atoms with Crippen LogP contribution < -0.4 is 5.32 Å². The maximum absolute atomic E-state index is 13.0. The maximum atomic E-state index is 13.0. The lowest BCUT2D eigenvalue weighted by molar-refractivity contribution is 0.0486. The van der Waals surface area contributed by atoms with Crippen molar-refractivity contribution >= 4 is 11.7 Å². The lowest BCUT2D eigenvalue weighted by Crippen LogP contribution is -2.44. The Morgan fingerprint density at radius 3 is 2.66 bits per heavy atom. The molecule has 1 aromatic carbocycles. The zero-order valence-corrected chi connectivity index (χ0v) is 17.2. The van der Waals surface area contributed by atoms with E-state index in [1.165, 1.54) is 17.5 Å². The quantitative estimate of drug-likeness (QED) is 0.721. The standard InChI is InChI=1S/C22H27N5O2/c1-15(2)19-12-18(26-21-24-14-25-27(19)21)20(28)23-13-22(8-10-29-11-9-22)17-6-4-16(3)5-7-17/h4-7,12,14-15H,8-11,13H2,1-3H3,(H,23,28). The van der Waals surface area contributed by atoms with E-state index in [1.54, 1.807) is 4.52 Å². The monoisotopic (exact) mass is 393 g/mol. The largest absolute Gasteiger partial charge is 0.381 e. The molecule has 0 aliphatic carbocycles. The molecule has 1 saturated heterocycles. The molecule has 4 rings (SSSR count). The average molecular weight is 393 g/mol. The normalized spacial score (nSPS) is 16.3. The third-order valence-corrected chi connectivity index (χ3v) is 5.80. The molecule has 1 amide bonds. The molecule has 7 nitrogen and oxygen atoms in total. The van der Waals surface area contributed by atoms with Crippen LogP contribution in [-0.2, 0) is 10.2 Å². The van der Waals surface area contributed by atoms with E-state index >= 15 is 0 Å². The highest BCUT2D eigenvalue weighted by molar-refractivity contribution is 5.92. The van der Waals surface area contributed by atoms with Gasteiger partial charge in [0.1, 0.15) is 12.0 Å². The van der Waals surface area contributed by atoms with Gasteiger partial charge in [0.25, 0.3) is 11.7 Å². The summed E-state index contributed by atoms with van der Waals surface area (Å²) in [6.07, 6.45) is 3.22. The molecule has 1 N–H and O–H groups in total. The highest BCUT2D eigenvalue weighted by atomic mass is 16.5. The number of ether oxygens (including phenoxy) is 1. The number of nitrogens with zero attached hydrogens (tertiary/aromatic N) is 4. The van der Waals surface area contributed by atoms with Crippen molar-refractivity contribution in [2.24, 2.45) is 0 Å². The molecule has 1 aliphatic rings. The van der Waals surface area contributed by atoms with E-state index in [0.29, 0.717) is 31.2 Å². The summed E-state index contributed by atoms with van der Waals surface area (Å²) >= 11 is 0. The summed E-state index contributed by atoms with van der Waals surface area (Å²) in [7, 11) is 0. The van der Waals surface area contributed by atoms with Crippen molar-refractivity contribution in [1.82, 2.24) is 24.9 Å². The van der Waals surface area contributed by atoms with Gasteiger partial charge in [-0.3, -0.25) is 4.79 Å². The van der Waals surface area contributed by atoms with E-state index in [9.17, 15) is 4.79 Å². The van der Waals surface area contributed by atoms with Gasteiger partial charge in [0.2, 0.25) is 0 Å². The third-order valence-electron chi connectivity index (χ3n) is 5.80. The van der Waals surface area contributed by atoms with Crippen LogP contribution in [0.5, 0.6) is 0 Å². The van der Waals surface area contributed by atoms with Crippen LogP contribution in [0.3, 0.4) is 0 Å². The Labute approximate surface area is 170 Å². The predicted molar refractivity (Wildman–Crippen MR) is 110 cm³/mol. The number of aromatic nitrogens is 4. The van der Waals surface area contributed by atoms with E-state index in [4.69, 9.17) is 4.74 Å². The number of fused-ring (bicyclic) bond motifs is 1. The SMILES string of the molecule is Cc1ccc(C2(CNC(=O)c3cc(C(C)C)n4ncnc4n3)CCOCC2)cc1. The number of carbonyl (C=O) groups excluding carboxylic acids is 1. The van der Waals surface area contributed by atoms with Crippen molar-refractivity contribution < 1.29 is 9.53 Å². The fourth-order valence-electron chi connectivity index (χ4n) is 3.94. The van der Waals surface area contributed by atoms with Crippen LogP contribution in [0, 0.1) is 6.92 Å². The van der Waals surface area contributed by atoms with E-state index < -0.39 is 0 Å². The molecule has 29 heavy (non-hydrogen) atoms. The molecule has 0 bridgehead atoms. The number of hydrogen-bond acceptors (Lipinski definition) is 5. The summed E-state index contributed by atoms with van der Waals surface area (Å²) < 4.78 is 7.29. The molecule has 0 spiro atoms. The first-order chi connectivity index (χ1) is 14.0. The fraction of sp³-hybridized carbons (Fsp3) is 0.455. The highest BCUT2D eigenvalue weighted by Gasteiger charge is 2.35. The third kappa shape index (κ3) is 3.87. The summed E-state index contributed by atoms with van der Waals surface area (Å²) in [5.41, 5.74) is 3.64. The highest BCUT2D eigenvalue weighted by Crippen LogP contribution is 2.34. The van der Waals surface area contributed by atoms with Crippen LogP contribution in [0.25, 0.3) is 5.78 Å². The number of rotatable bonds is 5. The summed E-state index contributed by atoms with van der Waals surface area (Å²) in [5, 5.41) is 7.35. The van der Waals surface area contributed by atoms with E-state index in [-0.39, 0.29) is 17.2 Å². The van der Waals surface area contributed by atoms with Gasteiger partial charge in [-0.1, -0.05) is 43.7 Å². The molecule has 3 aromatic rings. The van der Waals surface area contributed by atoms with Gasteiger partial charge in [0.15, 0.2) is 0 Å². The molecule has 0 atom stereocenters. The molecule has 7 heteroatoms. The van der Waals surface area contributed by atoms with E-state index in [1.807, 2.05) is 6.07 Å². The van der Waals surface area contributed by atoms with Gasteiger partial charge >= 0.3 is 0 Å². The number of nitrogens with one attached hydrogen (secondary N) is 1. The van der Waals surface area contributed by atoms with Crippen molar-refractivity contribution in [2.75, 3.05) is 19.8 Å². The second-order valence-electron chi connectivity index (χ2n) is 8.13. The van der Waals surface area contributed by atoms with Crippen molar-refractivity contribution in [3.05, 3.63) is 59.2 Å². The Balaban J connectivity index is 1.58. The lowest BCUT2D eigenvalue weighted by atomic mass is 9.74. The molecule has 1 aliphatic heterocycles. The Bertz CT molecular complexity index is 1000. The Morgan fingerprint density at radius 2 is 1.97 bits per heavy atom. The number of amides is 1. The van der Waals surface area contributed by atoms with Crippen molar-refractivity contribution in [3.8, 4) is 0 Å². The minimum Gasteiger partial charge on any atom is -0.381 e. The molecule has 1 fully saturated rings. The van der Waals surface area contributed by atoms with Gasteiger partial charge in [-0.2, -0.15) is 10.1 Å². The minimum absolute atomic E-state index is 0.124. The average Bonchev–Trinajstić information content (AvgIpc) is 3.21. The molecule has 152 valence electrons. The molecule has 3 heterocycles. The van der Waals surface area contributed by atoms with Crippen molar-refractivity contribution in [1.29, 1.82) is 0 Å². The van der Waals surface area contributed by atoms with E-state index in [2.05, 4.69) is 65.4 Å². The van der Waals surface area contributed by atoms with Crippen molar-refractivity contribution in [2.45, 2.75) is 44.9 Å². The Hall–Kier alpha value is -2.80. The summed E-state index contributed by atoms with van der Waals surface area (Å²) in [4.78, 5) is 21.6. The molecular weight excluding hydrogens is 366 g/mol. The molecule has 0 unspecified atom stereocenters. The first-order valence-corrected chi connectivity index (χ1v) is 10.1. The predicted octanol–water partition coefficient (Wildman–Crippen LogP) is 3.03. The molecule has 0 saturated carbocycles. The van der Waals surface area contributed by atoms with Gasteiger partial charge in [0, 0.05) is 25.2 Å². The van der Waals surface area contributed by atoms with Gasteiger partial charge < -0.3 is 10.1 Å². The van der Waals surface area contributed by atoms with Crippen LogP contribution in [0.2, 0.25) is 0 Å². The number of carbonyl (C=O) groups is 1. The van der Waals surface area contributed by atoms with Crippen LogP contribution in [0.15, 0.2) is 36.7 Å². The van der Waals surface area contributed by atoms with Gasteiger partial charge in [-0.25, -0.2) is 9.50 Å². The lowest BCUT2D eigenvalue weighted by Gasteiger charge is -2.38. The van der Waals surface area contributed by atoms with Crippen LogP contribution in [0.1, 0.15) is 59.9 Å². The van der Waals surface area contributed by atoms with Crippen LogP contribution in [-0.4, -0.2) is 45.2 Å². The second kappa shape index (κ2) is 7.91. The van der Waals surface area contributed by atoms with Gasteiger partial charge in [0.05, 0.1) is 5.69 Å². The van der Waals surface area contributed by atoms with Gasteiger partial charge in [-0.05, 0) is 37.3 Å². The first kappa shape index (κ1) is 19.5. The van der Waals surface area contributed by atoms with Crippen LogP contribution >= 0.6 is 0 Å². The molecular formula is C22H27N5O2. The molecule has 0 radical (unpaired) electrons. The van der Waals surface area contributed by atoms with E-state index in [0.717, 1.165) is 18.5 Å². The summed E-state index contributed by atoms with van der Waals surface area (Å²) in [5.74, 6) is 0.458.